The molecule has 0 aliphatic heterocycles. The Morgan fingerprint density at radius 3 is 2.59 bits per heavy atom. The first-order valence-electron chi connectivity index (χ1n) is 9.94. The molecule has 3 aromatic rings. The van der Waals surface area contributed by atoms with Gasteiger partial charge >= 0.3 is 0 Å². The van der Waals surface area contributed by atoms with Crippen molar-refractivity contribution in [1.82, 2.24) is 14.8 Å². The van der Waals surface area contributed by atoms with Gasteiger partial charge in [-0.05, 0) is 49.2 Å². The smallest absolute Gasteiger partial charge is 0.234 e. The predicted molar refractivity (Wildman–Crippen MR) is 129 cm³/mol. The van der Waals surface area contributed by atoms with Gasteiger partial charge in [0.05, 0.1) is 22.9 Å². The van der Waals surface area contributed by atoms with Crippen LogP contribution >= 0.6 is 23.4 Å². The number of hydrogen-bond donors (Lipinski definition) is 2. The van der Waals surface area contributed by atoms with Gasteiger partial charge < -0.3 is 15.2 Å². The highest BCUT2D eigenvalue weighted by Gasteiger charge is 2.17. The third-order valence-electron chi connectivity index (χ3n) is 4.69. The molecule has 7 nitrogen and oxygen atoms in total. The van der Waals surface area contributed by atoms with Crippen molar-refractivity contribution >= 4 is 46.6 Å². The van der Waals surface area contributed by atoms with Gasteiger partial charge in [-0.25, -0.2) is 0 Å². The number of halogens is 1. The minimum atomic E-state index is -0.264. The Kier molecular flexibility index (Phi) is 8.08. The Morgan fingerprint density at radius 2 is 1.88 bits per heavy atom. The summed E-state index contributed by atoms with van der Waals surface area (Å²) in [6, 6.07) is 12.8. The van der Waals surface area contributed by atoms with Crippen LogP contribution in [-0.4, -0.2) is 32.3 Å². The summed E-state index contributed by atoms with van der Waals surface area (Å²) < 4.78 is 1.77. The summed E-state index contributed by atoms with van der Waals surface area (Å²) in [4.78, 5) is 24.9. The van der Waals surface area contributed by atoms with Crippen LogP contribution in [0.1, 0.15) is 17.0 Å². The number of para-hydroxylation sites is 1. The van der Waals surface area contributed by atoms with Crippen LogP contribution in [0.4, 0.5) is 11.4 Å². The molecule has 0 unspecified atom stereocenters. The van der Waals surface area contributed by atoms with Crippen molar-refractivity contribution in [3.8, 4) is 0 Å². The van der Waals surface area contributed by atoms with Crippen LogP contribution in [-0.2, 0) is 22.6 Å². The van der Waals surface area contributed by atoms with E-state index in [1.807, 2.05) is 32.0 Å². The predicted octanol–water partition coefficient (Wildman–Crippen LogP) is 4.65. The van der Waals surface area contributed by atoms with Crippen molar-refractivity contribution < 1.29 is 9.59 Å². The summed E-state index contributed by atoms with van der Waals surface area (Å²) in [5.41, 5.74) is 3.57. The summed E-state index contributed by atoms with van der Waals surface area (Å²) in [6.45, 7) is 8.20. The molecule has 9 heteroatoms. The van der Waals surface area contributed by atoms with Gasteiger partial charge in [-0.3, -0.25) is 9.59 Å². The number of nitrogens with zero attached hydrogens (tertiary/aromatic N) is 3. The van der Waals surface area contributed by atoms with Crippen LogP contribution in [0.5, 0.6) is 0 Å². The monoisotopic (exact) mass is 469 g/mol. The highest BCUT2D eigenvalue weighted by Crippen LogP contribution is 2.22. The molecule has 2 N–H and O–H groups in total. The summed E-state index contributed by atoms with van der Waals surface area (Å²) >= 11 is 7.35. The number of thioether (sulfide) groups is 1. The van der Waals surface area contributed by atoms with Crippen LogP contribution in [0.25, 0.3) is 0 Å². The molecule has 0 bridgehead atoms. The summed E-state index contributed by atoms with van der Waals surface area (Å²) in [7, 11) is 0. The second-order valence-corrected chi connectivity index (χ2v) is 8.49. The van der Waals surface area contributed by atoms with Crippen molar-refractivity contribution in [3.63, 3.8) is 0 Å². The number of anilines is 2. The number of allylic oxidation sites excluding steroid dienone is 1. The fraction of sp³-hybridized carbons (Fsp3) is 0.217. The van der Waals surface area contributed by atoms with E-state index >= 15 is 0 Å². The molecule has 2 aromatic carbocycles. The van der Waals surface area contributed by atoms with E-state index in [0.717, 1.165) is 11.3 Å². The first kappa shape index (κ1) is 23.6. The van der Waals surface area contributed by atoms with E-state index in [4.69, 9.17) is 11.6 Å². The molecule has 2 amide bonds. The normalized spacial score (nSPS) is 10.6. The van der Waals surface area contributed by atoms with Gasteiger partial charge in [0.1, 0.15) is 5.82 Å². The molecule has 32 heavy (non-hydrogen) atoms. The summed E-state index contributed by atoms with van der Waals surface area (Å²) in [5.74, 6) is 0.226. The van der Waals surface area contributed by atoms with Crippen molar-refractivity contribution in [3.05, 3.63) is 77.1 Å². The quantitative estimate of drug-likeness (QED) is 0.352. The van der Waals surface area contributed by atoms with Gasteiger partial charge in [0.15, 0.2) is 5.16 Å². The summed E-state index contributed by atoms with van der Waals surface area (Å²) in [5, 5.41) is 15.0. The van der Waals surface area contributed by atoms with E-state index in [1.165, 1.54) is 17.3 Å². The zero-order chi connectivity index (χ0) is 23.1. The number of nitrogens with one attached hydrogen (secondary N) is 2. The number of benzene rings is 2. The maximum atomic E-state index is 12.5. The molecular weight excluding hydrogens is 446 g/mol. The number of aromatic nitrogens is 3. The average molecular weight is 470 g/mol. The molecule has 1 aromatic heterocycles. The Balaban J connectivity index is 1.62. The van der Waals surface area contributed by atoms with Crippen LogP contribution in [0.3, 0.4) is 0 Å². The molecule has 0 saturated carbocycles. The van der Waals surface area contributed by atoms with E-state index in [9.17, 15) is 9.59 Å². The van der Waals surface area contributed by atoms with Gasteiger partial charge in [-0.15, -0.1) is 16.8 Å². The summed E-state index contributed by atoms with van der Waals surface area (Å²) in [6.07, 6.45) is 1.71. The lowest BCUT2D eigenvalue weighted by Gasteiger charge is -2.10. The highest BCUT2D eigenvalue weighted by molar-refractivity contribution is 7.99. The Morgan fingerprint density at radius 1 is 1.09 bits per heavy atom. The maximum Gasteiger partial charge on any atom is 0.234 e. The number of hydrogen-bond acceptors (Lipinski definition) is 5. The first-order valence-corrected chi connectivity index (χ1v) is 11.3. The second kappa shape index (κ2) is 11.0. The molecular formula is C23H24ClN5O2S. The minimum Gasteiger partial charge on any atom is -0.325 e. The van der Waals surface area contributed by atoms with Crippen molar-refractivity contribution in [1.29, 1.82) is 0 Å². The van der Waals surface area contributed by atoms with Crippen molar-refractivity contribution in [2.75, 3.05) is 16.4 Å². The zero-order valence-corrected chi connectivity index (χ0v) is 19.5. The van der Waals surface area contributed by atoms with E-state index in [1.54, 1.807) is 34.9 Å². The lowest BCUT2D eigenvalue weighted by atomic mass is 10.1. The lowest BCUT2D eigenvalue weighted by Crippen LogP contribution is -2.18. The fourth-order valence-corrected chi connectivity index (χ4v) is 3.87. The molecule has 0 saturated heterocycles. The van der Waals surface area contributed by atoms with Crippen LogP contribution in [0, 0.1) is 13.8 Å². The fourth-order valence-electron chi connectivity index (χ4n) is 2.92. The molecule has 0 fully saturated rings. The number of amides is 2. The van der Waals surface area contributed by atoms with Crippen LogP contribution in [0.2, 0.25) is 5.02 Å². The number of carbonyl (C=O) groups excluding carboxylic acids is 2. The molecule has 0 aliphatic rings. The van der Waals surface area contributed by atoms with Gasteiger partial charge in [0.2, 0.25) is 11.8 Å². The topological polar surface area (TPSA) is 88.9 Å². The van der Waals surface area contributed by atoms with E-state index in [2.05, 4.69) is 27.4 Å². The van der Waals surface area contributed by atoms with Gasteiger partial charge in [-0.1, -0.05) is 47.6 Å². The third kappa shape index (κ3) is 6.21. The largest absolute Gasteiger partial charge is 0.325 e. The Bertz CT molecular complexity index is 1150. The molecule has 0 radical (unpaired) electrons. The molecule has 0 aliphatic carbocycles. The lowest BCUT2D eigenvalue weighted by molar-refractivity contribution is -0.116. The molecule has 166 valence electrons. The Labute approximate surface area is 196 Å². The van der Waals surface area contributed by atoms with Crippen molar-refractivity contribution in [2.45, 2.75) is 32.0 Å². The van der Waals surface area contributed by atoms with Crippen LogP contribution < -0.4 is 10.6 Å². The van der Waals surface area contributed by atoms with Gasteiger partial charge in [0.25, 0.3) is 0 Å². The molecule has 1 heterocycles. The molecule has 0 spiro atoms. The molecule has 0 atom stereocenters. The maximum absolute atomic E-state index is 12.5. The van der Waals surface area contributed by atoms with Gasteiger partial charge in [-0.2, -0.15) is 0 Å². The first-order chi connectivity index (χ1) is 15.4. The van der Waals surface area contributed by atoms with Gasteiger partial charge in [0, 0.05) is 12.2 Å². The number of carbonyl (C=O) groups is 2. The third-order valence-corrected chi connectivity index (χ3v) is 5.99. The SMILES string of the molecule is C=CCn1c(CC(=O)Nc2ccccc2Cl)nnc1SCC(=O)Nc1ccc(C)c(C)c1. The van der Waals surface area contributed by atoms with Crippen LogP contribution in [0.15, 0.2) is 60.3 Å². The minimum absolute atomic E-state index is 0.0153. The standard InChI is InChI=1S/C23H24ClN5O2S/c1-4-11-29-20(13-21(30)26-19-8-6-5-7-18(19)24)27-28-23(29)32-14-22(31)25-17-10-9-15(2)16(3)12-17/h4-10,12H,1,11,13-14H2,2-3H3,(H,25,31)(H,26,30). The van der Waals surface area contributed by atoms with E-state index in [0.29, 0.717) is 28.2 Å². The van der Waals surface area contributed by atoms with Crippen molar-refractivity contribution in [2.24, 2.45) is 0 Å². The number of aryl methyl sites for hydroxylation is 2. The zero-order valence-electron chi connectivity index (χ0n) is 17.9. The molecule has 3 rings (SSSR count). The second-order valence-electron chi connectivity index (χ2n) is 7.14. The Hall–Kier alpha value is -3.10. The highest BCUT2D eigenvalue weighted by atomic mass is 35.5. The van der Waals surface area contributed by atoms with E-state index < -0.39 is 0 Å². The van der Waals surface area contributed by atoms with E-state index in [-0.39, 0.29) is 24.0 Å². The average Bonchev–Trinajstić information content (AvgIpc) is 3.12. The number of rotatable bonds is 9.